The Kier molecular flexibility index (Phi) is 5.58. The number of benzene rings is 1. The monoisotopic (exact) mass is 385 g/mol. The van der Waals surface area contributed by atoms with Crippen molar-refractivity contribution in [1.29, 1.82) is 0 Å². The van der Waals surface area contributed by atoms with E-state index in [2.05, 4.69) is 16.0 Å². The summed E-state index contributed by atoms with van der Waals surface area (Å²) in [6, 6.07) is 7.46. The minimum atomic E-state index is -0.128. The molecule has 0 atom stereocenters. The summed E-state index contributed by atoms with van der Waals surface area (Å²) in [4.78, 5) is 24.6. The maximum absolute atomic E-state index is 12.4. The van der Waals surface area contributed by atoms with Gasteiger partial charge in [-0.15, -0.1) is 0 Å². The number of hydrogen-bond acceptors (Lipinski definition) is 3. The van der Waals surface area contributed by atoms with Crippen LogP contribution in [0.3, 0.4) is 0 Å². The van der Waals surface area contributed by atoms with Gasteiger partial charge in [-0.1, -0.05) is 12.1 Å². The second-order valence-corrected chi connectivity index (χ2v) is 9.01. The standard InChI is InChI=1S/C22H31N3O3/c1-28-14-15-3-2-4-19(10-15)24-20(26)5-6-23-21(27)25-22-11-16-7-17(12-22)9-18(8-16)13-22/h2-4,10,16-18H,5-9,11-14H2,1H3,(H,24,26)(H2,23,25,27). The number of methoxy groups -OCH3 is 1. The second-order valence-electron chi connectivity index (χ2n) is 9.01. The highest BCUT2D eigenvalue weighted by molar-refractivity contribution is 5.91. The SMILES string of the molecule is COCc1cccc(NC(=O)CCNC(=O)NC23CC4CC(CC(C4)C2)C3)c1. The molecule has 4 saturated carbocycles. The Labute approximate surface area is 166 Å². The molecule has 4 aliphatic carbocycles. The molecule has 28 heavy (non-hydrogen) atoms. The van der Waals surface area contributed by atoms with Crippen LogP contribution in [-0.4, -0.2) is 31.1 Å². The molecule has 5 rings (SSSR count). The smallest absolute Gasteiger partial charge is 0.315 e. The third kappa shape index (κ3) is 4.49. The molecule has 0 aromatic heterocycles. The fourth-order valence-electron chi connectivity index (χ4n) is 5.97. The molecule has 4 aliphatic rings. The van der Waals surface area contributed by atoms with E-state index in [-0.39, 0.29) is 23.9 Å². The minimum absolute atomic E-state index is 0.00286. The molecule has 3 N–H and O–H groups in total. The van der Waals surface area contributed by atoms with Crippen LogP contribution in [0.25, 0.3) is 0 Å². The Hall–Kier alpha value is -2.08. The lowest BCUT2D eigenvalue weighted by Gasteiger charge is -2.56. The molecule has 0 saturated heterocycles. The van der Waals surface area contributed by atoms with Gasteiger partial charge in [0.1, 0.15) is 0 Å². The van der Waals surface area contributed by atoms with Crippen molar-refractivity contribution in [3.8, 4) is 0 Å². The van der Waals surface area contributed by atoms with Crippen molar-refractivity contribution in [3.63, 3.8) is 0 Å². The summed E-state index contributed by atoms with van der Waals surface area (Å²) in [7, 11) is 1.64. The van der Waals surface area contributed by atoms with Gasteiger partial charge in [0.05, 0.1) is 6.61 Å². The molecule has 0 unspecified atom stereocenters. The lowest BCUT2D eigenvalue weighted by molar-refractivity contribution is -0.116. The maximum atomic E-state index is 12.4. The Morgan fingerprint density at radius 1 is 1.11 bits per heavy atom. The van der Waals surface area contributed by atoms with Crippen LogP contribution in [-0.2, 0) is 16.1 Å². The van der Waals surface area contributed by atoms with Crippen molar-refractivity contribution in [2.24, 2.45) is 17.8 Å². The number of carbonyl (C=O) groups excluding carboxylic acids is 2. The van der Waals surface area contributed by atoms with Crippen molar-refractivity contribution in [3.05, 3.63) is 29.8 Å². The van der Waals surface area contributed by atoms with E-state index in [1.165, 1.54) is 19.3 Å². The summed E-state index contributed by atoms with van der Waals surface area (Å²) in [6.07, 6.45) is 7.71. The second kappa shape index (κ2) is 8.11. The maximum Gasteiger partial charge on any atom is 0.315 e. The summed E-state index contributed by atoms with van der Waals surface area (Å²) in [5.41, 5.74) is 1.76. The highest BCUT2D eigenvalue weighted by Gasteiger charge is 2.51. The molecular formula is C22H31N3O3. The summed E-state index contributed by atoms with van der Waals surface area (Å²) in [6.45, 7) is 0.845. The molecule has 0 aliphatic heterocycles. The normalized spacial score (nSPS) is 30.1. The van der Waals surface area contributed by atoms with Gasteiger partial charge < -0.3 is 20.7 Å². The molecule has 1 aromatic carbocycles. The molecule has 6 nitrogen and oxygen atoms in total. The zero-order valence-corrected chi connectivity index (χ0v) is 16.6. The zero-order chi connectivity index (χ0) is 19.6. The number of nitrogens with one attached hydrogen (secondary N) is 3. The van der Waals surface area contributed by atoms with Crippen LogP contribution in [0.5, 0.6) is 0 Å². The van der Waals surface area contributed by atoms with E-state index < -0.39 is 0 Å². The van der Waals surface area contributed by atoms with Crippen LogP contribution in [0.4, 0.5) is 10.5 Å². The van der Waals surface area contributed by atoms with Gasteiger partial charge >= 0.3 is 6.03 Å². The van der Waals surface area contributed by atoms with Crippen molar-refractivity contribution >= 4 is 17.6 Å². The zero-order valence-electron chi connectivity index (χ0n) is 16.6. The molecule has 3 amide bonds. The van der Waals surface area contributed by atoms with Gasteiger partial charge in [-0.25, -0.2) is 4.79 Å². The Balaban J connectivity index is 1.20. The summed E-state index contributed by atoms with van der Waals surface area (Å²) < 4.78 is 5.11. The number of anilines is 1. The van der Waals surface area contributed by atoms with Gasteiger partial charge in [0.15, 0.2) is 0 Å². The molecular weight excluding hydrogens is 354 g/mol. The van der Waals surface area contributed by atoms with E-state index in [1.54, 1.807) is 7.11 Å². The lowest BCUT2D eigenvalue weighted by Crippen LogP contribution is -2.61. The summed E-state index contributed by atoms with van der Waals surface area (Å²) in [5, 5.41) is 9.02. The third-order valence-electron chi connectivity index (χ3n) is 6.58. The van der Waals surface area contributed by atoms with Crippen LogP contribution < -0.4 is 16.0 Å². The number of urea groups is 1. The van der Waals surface area contributed by atoms with Crippen LogP contribution in [0, 0.1) is 17.8 Å². The van der Waals surface area contributed by atoms with Crippen molar-refractivity contribution in [2.45, 2.75) is 57.1 Å². The van der Waals surface area contributed by atoms with Gasteiger partial charge in [0, 0.05) is 31.3 Å². The first-order chi connectivity index (χ1) is 13.5. The Morgan fingerprint density at radius 2 is 1.79 bits per heavy atom. The molecule has 1 aromatic rings. The third-order valence-corrected chi connectivity index (χ3v) is 6.58. The van der Waals surface area contributed by atoms with Gasteiger partial charge in [0.25, 0.3) is 0 Å². The molecule has 4 fully saturated rings. The molecule has 0 heterocycles. The minimum Gasteiger partial charge on any atom is -0.380 e. The molecule has 0 spiro atoms. The van der Waals surface area contributed by atoms with Crippen molar-refractivity contribution in [2.75, 3.05) is 19.0 Å². The fraction of sp³-hybridized carbons (Fsp3) is 0.636. The number of hydrogen-bond donors (Lipinski definition) is 3. The van der Waals surface area contributed by atoms with E-state index in [1.807, 2.05) is 24.3 Å². The summed E-state index contributed by atoms with van der Waals surface area (Å²) >= 11 is 0. The first-order valence-electron chi connectivity index (χ1n) is 10.5. The summed E-state index contributed by atoms with van der Waals surface area (Å²) in [5.74, 6) is 2.29. The molecule has 6 heteroatoms. The van der Waals surface area contributed by atoms with Crippen molar-refractivity contribution in [1.82, 2.24) is 10.6 Å². The predicted octanol–water partition coefficient (Wildman–Crippen LogP) is 3.43. The number of rotatable bonds is 7. The fourth-order valence-corrected chi connectivity index (χ4v) is 5.97. The average molecular weight is 386 g/mol. The first kappa shape index (κ1) is 19.2. The highest BCUT2D eigenvalue weighted by Crippen LogP contribution is 2.55. The lowest BCUT2D eigenvalue weighted by atomic mass is 9.53. The van der Waals surface area contributed by atoms with Gasteiger partial charge in [-0.05, 0) is 74.0 Å². The van der Waals surface area contributed by atoms with E-state index >= 15 is 0 Å². The van der Waals surface area contributed by atoms with Gasteiger partial charge in [-0.2, -0.15) is 0 Å². The highest BCUT2D eigenvalue weighted by atomic mass is 16.5. The molecule has 4 bridgehead atoms. The number of ether oxygens (including phenoxy) is 1. The number of carbonyl (C=O) groups is 2. The Morgan fingerprint density at radius 3 is 2.43 bits per heavy atom. The molecule has 152 valence electrons. The van der Waals surface area contributed by atoms with Crippen LogP contribution in [0.1, 0.15) is 50.5 Å². The van der Waals surface area contributed by atoms with E-state index in [4.69, 9.17) is 4.74 Å². The Bertz CT molecular complexity index is 698. The number of amides is 3. The predicted molar refractivity (Wildman–Crippen MR) is 108 cm³/mol. The van der Waals surface area contributed by atoms with E-state index in [9.17, 15) is 9.59 Å². The quantitative estimate of drug-likeness (QED) is 0.673. The topological polar surface area (TPSA) is 79.5 Å². The van der Waals surface area contributed by atoms with Gasteiger partial charge in [0.2, 0.25) is 5.91 Å². The van der Waals surface area contributed by atoms with Gasteiger partial charge in [-0.3, -0.25) is 4.79 Å². The molecule has 0 radical (unpaired) electrons. The van der Waals surface area contributed by atoms with E-state index in [0.29, 0.717) is 13.2 Å². The van der Waals surface area contributed by atoms with Crippen molar-refractivity contribution < 1.29 is 14.3 Å². The van der Waals surface area contributed by atoms with E-state index in [0.717, 1.165) is 48.3 Å². The van der Waals surface area contributed by atoms with Crippen LogP contribution in [0.15, 0.2) is 24.3 Å². The first-order valence-corrected chi connectivity index (χ1v) is 10.5. The van der Waals surface area contributed by atoms with Crippen LogP contribution in [0.2, 0.25) is 0 Å². The largest absolute Gasteiger partial charge is 0.380 e. The average Bonchev–Trinajstić information content (AvgIpc) is 2.60. The van der Waals surface area contributed by atoms with Crippen LogP contribution >= 0.6 is 0 Å².